The Morgan fingerprint density at radius 3 is 2.42 bits per heavy atom. The number of unbranched alkanes of at least 4 members (excludes halogenated alkanes) is 2. The SMILES string of the molecule is CCCCCNC(=O)c1ccc(CSc2nc(Cl)cc(N3CCN(c4ccccc4Cl)CC3)n2)cc1. The predicted octanol–water partition coefficient (Wildman–Crippen LogP) is 6.32. The van der Waals surface area contributed by atoms with Crippen LogP contribution >= 0.6 is 35.0 Å². The van der Waals surface area contributed by atoms with Crippen LogP contribution in [-0.4, -0.2) is 48.6 Å². The number of hydrogen-bond donors (Lipinski definition) is 1. The van der Waals surface area contributed by atoms with Crippen LogP contribution in [0.15, 0.2) is 59.8 Å². The molecule has 0 bridgehead atoms. The number of amides is 1. The van der Waals surface area contributed by atoms with E-state index >= 15 is 0 Å². The lowest BCUT2D eigenvalue weighted by molar-refractivity contribution is 0.0953. The molecule has 190 valence electrons. The molecule has 1 saturated heterocycles. The molecule has 0 radical (unpaired) electrons. The first-order valence-electron chi connectivity index (χ1n) is 12.3. The van der Waals surface area contributed by atoms with Crippen LogP contribution in [0.1, 0.15) is 42.1 Å². The fraction of sp³-hybridized carbons (Fsp3) is 0.370. The van der Waals surface area contributed by atoms with Crippen molar-refractivity contribution in [3.8, 4) is 0 Å². The summed E-state index contributed by atoms with van der Waals surface area (Å²) >= 11 is 14.3. The smallest absolute Gasteiger partial charge is 0.251 e. The summed E-state index contributed by atoms with van der Waals surface area (Å²) in [6.07, 6.45) is 3.28. The number of benzene rings is 2. The molecule has 4 rings (SSSR count). The highest BCUT2D eigenvalue weighted by Gasteiger charge is 2.21. The first-order valence-corrected chi connectivity index (χ1v) is 14.1. The van der Waals surface area contributed by atoms with E-state index in [-0.39, 0.29) is 5.91 Å². The second-order valence-corrected chi connectivity index (χ2v) is 10.4. The average Bonchev–Trinajstić information content (AvgIpc) is 2.90. The van der Waals surface area contributed by atoms with Gasteiger partial charge in [0.1, 0.15) is 11.0 Å². The minimum atomic E-state index is -0.0252. The van der Waals surface area contributed by atoms with Gasteiger partial charge in [0.15, 0.2) is 5.16 Å². The van der Waals surface area contributed by atoms with Crippen LogP contribution in [0.2, 0.25) is 10.2 Å². The fourth-order valence-electron chi connectivity index (χ4n) is 4.08. The molecule has 0 spiro atoms. The summed E-state index contributed by atoms with van der Waals surface area (Å²) in [6.45, 7) is 6.22. The van der Waals surface area contributed by atoms with Crippen molar-refractivity contribution in [2.45, 2.75) is 37.1 Å². The zero-order valence-electron chi connectivity index (χ0n) is 20.4. The Morgan fingerprint density at radius 1 is 0.972 bits per heavy atom. The summed E-state index contributed by atoms with van der Waals surface area (Å²) in [5.74, 6) is 1.51. The van der Waals surface area contributed by atoms with E-state index in [1.165, 1.54) is 11.8 Å². The molecule has 1 aromatic heterocycles. The number of carbonyl (C=O) groups excluding carboxylic acids is 1. The quantitative estimate of drug-likeness (QED) is 0.140. The lowest BCUT2D eigenvalue weighted by atomic mass is 10.1. The second-order valence-electron chi connectivity index (χ2n) is 8.71. The highest BCUT2D eigenvalue weighted by atomic mass is 35.5. The van der Waals surface area contributed by atoms with E-state index in [1.54, 1.807) is 0 Å². The molecule has 0 atom stereocenters. The van der Waals surface area contributed by atoms with Crippen LogP contribution in [0.3, 0.4) is 0 Å². The molecule has 0 unspecified atom stereocenters. The van der Waals surface area contributed by atoms with E-state index in [0.29, 0.717) is 28.2 Å². The highest BCUT2D eigenvalue weighted by Crippen LogP contribution is 2.28. The number of para-hydroxylation sites is 1. The second kappa shape index (κ2) is 13.2. The van der Waals surface area contributed by atoms with Gasteiger partial charge in [-0.3, -0.25) is 4.79 Å². The van der Waals surface area contributed by atoms with Crippen molar-refractivity contribution in [3.63, 3.8) is 0 Å². The van der Waals surface area contributed by atoms with E-state index in [2.05, 4.69) is 33.1 Å². The molecule has 1 amide bonds. The van der Waals surface area contributed by atoms with E-state index in [9.17, 15) is 4.79 Å². The van der Waals surface area contributed by atoms with Crippen molar-refractivity contribution in [2.75, 3.05) is 42.5 Å². The highest BCUT2D eigenvalue weighted by molar-refractivity contribution is 7.98. The number of aromatic nitrogens is 2. The molecule has 6 nitrogen and oxygen atoms in total. The Balaban J connectivity index is 1.31. The van der Waals surface area contributed by atoms with Gasteiger partial charge in [0.05, 0.1) is 10.7 Å². The zero-order chi connectivity index (χ0) is 25.3. The first kappa shape index (κ1) is 26.6. The number of carbonyl (C=O) groups is 1. The molecule has 36 heavy (non-hydrogen) atoms. The molecule has 1 aliphatic rings. The first-order chi connectivity index (χ1) is 17.5. The van der Waals surface area contributed by atoms with Gasteiger partial charge in [-0.05, 0) is 36.2 Å². The van der Waals surface area contributed by atoms with Gasteiger partial charge < -0.3 is 15.1 Å². The number of piperazine rings is 1. The van der Waals surface area contributed by atoms with Crippen molar-refractivity contribution < 1.29 is 4.79 Å². The van der Waals surface area contributed by atoms with Gasteiger partial charge in [0, 0.05) is 50.1 Å². The maximum Gasteiger partial charge on any atom is 0.251 e. The van der Waals surface area contributed by atoms with Crippen LogP contribution in [0.25, 0.3) is 0 Å². The van der Waals surface area contributed by atoms with Crippen LogP contribution in [0.4, 0.5) is 11.5 Å². The Bertz CT molecular complexity index is 1150. The Kier molecular flexibility index (Phi) is 9.73. The van der Waals surface area contributed by atoms with E-state index in [4.69, 9.17) is 28.2 Å². The summed E-state index contributed by atoms with van der Waals surface area (Å²) in [5.41, 5.74) is 2.84. The van der Waals surface area contributed by atoms with Crippen molar-refractivity contribution in [3.05, 3.63) is 75.9 Å². The molecular weight excluding hydrogens is 513 g/mol. The van der Waals surface area contributed by atoms with Crippen molar-refractivity contribution in [1.82, 2.24) is 15.3 Å². The predicted molar refractivity (Wildman–Crippen MR) is 151 cm³/mol. The van der Waals surface area contributed by atoms with E-state index in [1.807, 2.05) is 48.5 Å². The maximum absolute atomic E-state index is 12.3. The normalized spacial score (nSPS) is 13.6. The number of anilines is 2. The lowest BCUT2D eigenvalue weighted by Crippen LogP contribution is -2.47. The van der Waals surface area contributed by atoms with Crippen molar-refractivity contribution in [2.24, 2.45) is 0 Å². The van der Waals surface area contributed by atoms with E-state index in [0.717, 1.165) is 67.5 Å². The van der Waals surface area contributed by atoms with Crippen LogP contribution in [-0.2, 0) is 5.75 Å². The number of hydrogen-bond acceptors (Lipinski definition) is 6. The van der Waals surface area contributed by atoms with Crippen molar-refractivity contribution >= 4 is 52.4 Å². The minimum Gasteiger partial charge on any atom is -0.367 e. The lowest BCUT2D eigenvalue weighted by Gasteiger charge is -2.37. The van der Waals surface area contributed by atoms with Gasteiger partial charge in [0.25, 0.3) is 5.91 Å². The van der Waals surface area contributed by atoms with Gasteiger partial charge in [-0.1, -0.05) is 79.0 Å². The molecule has 1 N–H and O–H groups in total. The molecule has 2 heterocycles. The van der Waals surface area contributed by atoms with E-state index < -0.39 is 0 Å². The number of rotatable bonds is 10. The summed E-state index contributed by atoms with van der Waals surface area (Å²) in [5, 5.41) is 4.83. The third-order valence-electron chi connectivity index (χ3n) is 6.11. The molecule has 1 fully saturated rings. The van der Waals surface area contributed by atoms with Crippen LogP contribution in [0, 0.1) is 0 Å². The summed E-state index contributed by atoms with van der Waals surface area (Å²) in [7, 11) is 0. The van der Waals surface area contributed by atoms with Gasteiger partial charge >= 0.3 is 0 Å². The number of halogens is 2. The molecule has 3 aromatic rings. The monoisotopic (exact) mass is 543 g/mol. The van der Waals surface area contributed by atoms with Gasteiger partial charge in [-0.15, -0.1) is 0 Å². The standard InChI is InChI=1S/C27H31Cl2N5OS/c1-2-3-6-13-30-26(35)21-11-9-20(10-12-21)19-36-27-31-24(29)18-25(32-27)34-16-14-33(15-17-34)23-8-5-4-7-22(23)28/h4-5,7-12,18H,2-3,6,13-17,19H2,1H3,(H,30,35). The molecule has 9 heteroatoms. The van der Waals surface area contributed by atoms with Crippen molar-refractivity contribution in [1.29, 1.82) is 0 Å². The average molecular weight is 545 g/mol. The Labute approximate surface area is 227 Å². The third-order valence-corrected chi connectivity index (χ3v) is 7.54. The Hall–Kier alpha value is -2.48. The fourth-order valence-corrected chi connectivity index (χ4v) is 5.37. The summed E-state index contributed by atoms with van der Waals surface area (Å²) in [6, 6.07) is 17.5. The molecule has 0 saturated carbocycles. The van der Waals surface area contributed by atoms with Crippen LogP contribution < -0.4 is 15.1 Å². The van der Waals surface area contributed by atoms with Crippen LogP contribution in [0.5, 0.6) is 0 Å². The van der Waals surface area contributed by atoms with Gasteiger partial charge in [-0.2, -0.15) is 0 Å². The summed E-state index contributed by atoms with van der Waals surface area (Å²) in [4.78, 5) is 26.0. The number of nitrogens with one attached hydrogen (secondary N) is 1. The molecule has 0 aliphatic carbocycles. The number of thioether (sulfide) groups is 1. The molecule has 2 aromatic carbocycles. The topological polar surface area (TPSA) is 61.4 Å². The molecular formula is C27H31Cl2N5OS. The zero-order valence-corrected chi connectivity index (χ0v) is 22.7. The largest absolute Gasteiger partial charge is 0.367 e. The molecule has 1 aliphatic heterocycles. The minimum absolute atomic E-state index is 0.0252. The summed E-state index contributed by atoms with van der Waals surface area (Å²) < 4.78 is 0. The number of nitrogens with zero attached hydrogens (tertiary/aromatic N) is 4. The van der Waals surface area contributed by atoms with Gasteiger partial charge in [0.2, 0.25) is 0 Å². The van der Waals surface area contributed by atoms with Gasteiger partial charge in [-0.25, -0.2) is 9.97 Å². The maximum atomic E-state index is 12.3. The Morgan fingerprint density at radius 2 is 1.69 bits per heavy atom. The third kappa shape index (κ3) is 7.28.